The van der Waals surface area contributed by atoms with Crippen LogP contribution in [0.25, 0.3) is 10.9 Å². The molecule has 0 bridgehead atoms. The molecule has 7 nitrogen and oxygen atoms in total. The fraction of sp³-hybridized carbons (Fsp3) is 0.147. The van der Waals surface area contributed by atoms with E-state index in [9.17, 15) is 23.2 Å². The van der Waals surface area contributed by atoms with Gasteiger partial charge in [0, 0.05) is 36.2 Å². The highest BCUT2D eigenvalue weighted by Crippen LogP contribution is 2.37. The van der Waals surface area contributed by atoms with Crippen molar-refractivity contribution >= 4 is 28.1 Å². The van der Waals surface area contributed by atoms with E-state index in [0.717, 1.165) is 12.1 Å². The van der Waals surface area contributed by atoms with Crippen molar-refractivity contribution in [3.05, 3.63) is 113 Å². The first-order chi connectivity index (χ1) is 21.2. The summed E-state index contributed by atoms with van der Waals surface area (Å²) in [5.74, 6) is 1.85. The molecule has 0 aliphatic carbocycles. The van der Waals surface area contributed by atoms with Gasteiger partial charge in [0.15, 0.2) is 11.5 Å². The minimum absolute atomic E-state index is 0.0497. The third-order valence-corrected chi connectivity index (χ3v) is 6.81. The van der Waals surface area contributed by atoms with Crippen molar-refractivity contribution in [2.75, 3.05) is 19.5 Å². The number of hydrogen-bond donors (Lipinski definition) is 1. The second-order valence-corrected chi connectivity index (χ2v) is 9.87. The molecule has 0 fully saturated rings. The van der Waals surface area contributed by atoms with Gasteiger partial charge < -0.3 is 19.5 Å². The summed E-state index contributed by atoms with van der Waals surface area (Å²) in [7, 11) is 3.07. The number of nitriles is 1. The lowest BCUT2D eigenvalue weighted by Gasteiger charge is -2.15. The number of carbonyl (C=O) groups excluding carboxylic acids is 1. The number of hydrogen-bond acceptors (Lipinski definition) is 7. The van der Waals surface area contributed by atoms with Gasteiger partial charge in [0.1, 0.15) is 23.4 Å². The summed E-state index contributed by atoms with van der Waals surface area (Å²) >= 11 is 0. The first-order valence-corrected chi connectivity index (χ1v) is 13.4. The molecule has 0 atom stereocenters. The van der Waals surface area contributed by atoms with Crippen LogP contribution in [0.1, 0.15) is 22.3 Å². The Morgan fingerprint density at radius 3 is 2.18 bits per heavy atom. The number of alkyl halides is 3. The van der Waals surface area contributed by atoms with Crippen LogP contribution >= 0.6 is 0 Å². The van der Waals surface area contributed by atoms with Gasteiger partial charge in [0.05, 0.1) is 36.6 Å². The van der Waals surface area contributed by atoms with Crippen LogP contribution in [0.2, 0.25) is 0 Å². The minimum Gasteiger partial charge on any atom is -0.493 e. The molecule has 44 heavy (non-hydrogen) atoms. The summed E-state index contributed by atoms with van der Waals surface area (Å²) in [6.45, 7) is 0. The van der Waals surface area contributed by atoms with Crippen molar-refractivity contribution in [2.24, 2.45) is 0 Å². The topological polar surface area (TPSA) is 93.5 Å². The van der Waals surface area contributed by atoms with Gasteiger partial charge in [0.2, 0.25) is 0 Å². The first kappa shape index (κ1) is 29.9. The van der Waals surface area contributed by atoms with Gasteiger partial charge in [-0.05, 0) is 59.7 Å². The Morgan fingerprint density at radius 1 is 0.864 bits per heavy atom. The van der Waals surface area contributed by atoms with Crippen molar-refractivity contribution in [3.8, 4) is 29.1 Å². The molecule has 0 saturated heterocycles. The van der Waals surface area contributed by atoms with Crippen LogP contribution in [0.3, 0.4) is 0 Å². The molecule has 0 saturated carbocycles. The van der Waals surface area contributed by atoms with Crippen molar-refractivity contribution in [2.45, 2.75) is 19.0 Å². The standard InChI is InChI=1S/C34H26F3N3O4/c1-42-31-17-29-30(18-32(31)43-2)39-20-23(19-38)33(29)40-25-9-11-27(12-10-25)44-28-8-4-6-22(16-28)15-26(41)14-21-5-3-7-24(13-21)34(35,36)37/h3-13,16-18,20H,14-15H2,1-2H3,(H,39,40). The van der Waals surface area contributed by atoms with Crippen LogP contribution in [0, 0.1) is 11.3 Å². The molecule has 1 N–H and O–H groups in total. The molecule has 5 rings (SSSR count). The summed E-state index contributed by atoms with van der Waals surface area (Å²) in [6.07, 6.45) is -3.03. The summed E-state index contributed by atoms with van der Waals surface area (Å²) in [4.78, 5) is 17.0. The van der Waals surface area contributed by atoms with Crippen LogP contribution in [-0.4, -0.2) is 25.0 Å². The van der Waals surface area contributed by atoms with E-state index in [0.29, 0.717) is 62.0 Å². The van der Waals surface area contributed by atoms with Crippen LogP contribution in [0.5, 0.6) is 23.0 Å². The maximum atomic E-state index is 13.0. The van der Waals surface area contributed by atoms with Crippen LogP contribution in [0.4, 0.5) is 24.5 Å². The van der Waals surface area contributed by atoms with Crippen LogP contribution in [0.15, 0.2) is 91.1 Å². The number of ether oxygens (including phenoxy) is 3. The van der Waals surface area contributed by atoms with Crippen LogP contribution < -0.4 is 19.5 Å². The summed E-state index contributed by atoms with van der Waals surface area (Å²) in [5.41, 5.74) is 2.45. The van der Waals surface area contributed by atoms with Gasteiger partial charge in [0.25, 0.3) is 0 Å². The summed E-state index contributed by atoms with van der Waals surface area (Å²) in [6, 6.07) is 24.6. The fourth-order valence-corrected chi connectivity index (χ4v) is 4.72. The molecule has 1 aromatic heterocycles. The normalized spacial score (nSPS) is 11.1. The van der Waals surface area contributed by atoms with Crippen molar-refractivity contribution in [3.63, 3.8) is 0 Å². The molecule has 10 heteroatoms. The van der Waals surface area contributed by atoms with E-state index in [4.69, 9.17) is 14.2 Å². The van der Waals surface area contributed by atoms with Gasteiger partial charge in [-0.3, -0.25) is 9.78 Å². The van der Waals surface area contributed by atoms with Gasteiger partial charge in [-0.25, -0.2) is 0 Å². The maximum Gasteiger partial charge on any atom is 0.416 e. The highest BCUT2D eigenvalue weighted by molar-refractivity contribution is 5.97. The number of anilines is 2. The van der Waals surface area contributed by atoms with Gasteiger partial charge in [-0.15, -0.1) is 0 Å². The molecule has 0 spiro atoms. The maximum absolute atomic E-state index is 13.0. The molecular formula is C34H26F3N3O4. The number of halogens is 3. The number of nitrogens with zero attached hydrogens (tertiary/aromatic N) is 2. The molecular weight excluding hydrogens is 571 g/mol. The Hall–Kier alpha value is -5.56. The number of aromatic nitrogens is 1. The highest BCUT2D eigenvalue weighted by atomic mass is 19.4. The van der Waals surface area contributed by atoms with Gasteiger partial charge in [-0.2, -0.15) is 18.4 Å². The molecule has 0 amide bonds. The number of methoxy groups -OCH3 is 2. The second kappa shape index (κ2) is 12.8. The fourth-order valence-electron chi connectivity index (χ4n) is 4.72. The number of carbonyl (C=O) groups is 1. The Labute approximate surface area is 251 Å². The SMILES string of the molecule is COc1cc2ncc(C#N)c(Nc3ccc(Oc4cccc(CC(=O)Cc5cccc(C(F)(F)F)c5)c4)cc3)c2cc1OC. The number of pyridine rings is 1. The zero-order valence-corrected chi connectivity index (χ0v) is 23.7. The van der Waals surface area contributed by atoms with Gasteiger partial charge in [-0.1, -0.05) is 30.3 Å². The van der Waals surface area contributed by atoms with E-state index in [1.165, 1.54) is 32.5 Å². The molecule has 222 valence electrons. The van der Waals surface area contributed by atoms with E-state index in [-0.39, 0.29) is 18.6 Å². The third kappa shape index (κ3) is 6.90. The predicted octanol–water partition coefficient (Wildman–Crippen LogP) is 8.03. The smallest absolute Gasteiger partial charge is 0.416 e. The molecule has 4 aromatic carbocycles. The van der Waals surface area contributed by atoms with Crippen LogP contribution in [-0.2, 0) is 23.8 Å². The number of rotatable bonds is 10. The minimum atomic E-state index is -4.46. The lowest BCUT2D eigenvalue weighted by Crippen LogP contribution is -2.09. The Kier molecular flexibility index (Phi) is 8.67. The molecule has 0 unspecified atom stereocenters. The lowest BCUT2D eigenvalue weighted by atomic mass is 10.0. The quantitative estimate of drug-likeness (QED) is 0.174. The van der Waals surface area contributed by atoms with E-state index < -0.39 is 11.7 Å². The number of nitrogens with one attached hydrogen (secondary N) is 1. The number of benzene rings is 4. The molecule has 5 aromatic rings. The number of ketones is 1. The highest BCUT2D eigenvalue weighted by Gasteiger charge is 2.30. The lowest BCUT2D eigenvalue weighted by molar-refractivity contribution is -0.137. The van der Waals surface area contributed by atoms with E-state index >= 15 is 0 Å². The second-order valence-electron chi connectivity index (χ2n) is 9.87. The Morgan fingerprint density at radius 2 is 1.52 bits per heavy atom. The molecule has 1 heterocycles. The van der Waals surface area contributed by atoms with Gasteiger partial charge >= 0.3 is 6.18 Å². The monoisotopic (exact) mass is 597 g/mol. The first-order valence-electron chi connectivity index (χ1n) is 13.4. The van der Waals surface area contributed by atoms with Crippen molar-refractivity contribution in [1.82, 2.24) is 4.98 Å². The van der Waals surface area contributed by atoms with E-state index in [1.807, 2.05) is 0 Å². The average Bonchev–Trinajstić information content (AvgIpc) is 3.01. The summed E-state index contributed by atoms with van der Waals surface area (Å²) < 4.78 is 55.8. The number of Topliss-reactive ketones (excluding diaryl/α,β-unsaturated/α-hetero) is 1. The Balaban J connectivity index is 1.27. The largest absolute Gasteiger partial charge is 0.493 e. The number of fused-ring (bicyclic) bond motifs is 1. The van der Waals surface area contributed by atoms with Crippen molar-refractivity contribution in [1.29, 1.82) is 5.26 Å². The third-order valence-electron chi connectivity index (χ3n) is 6.81. The summed E-state index contributed by atoms with van der Waals surface area (Å²) in [5, 5.41) is 13.7. The molecule has 0 radical (unpaired) electrons. The Bertz CT molecular complexity index is 1870. The van der Waals surface area contributed by atoms with Crippen molar-refractivity contribution < 1.29 is 32.2 Å². The predicted molar refractivity (Wildman–Crippen MR) is 160 cm³/mol. The van der Waals surface area contributed by atoms with E-state index in [1.54, 1.807) is 60.7 Å². The zero-order chi connectivity index (χ0) is 31.3. The van der Waals surface area contributed by atoms with E-state index in [2.05, 4.69) is 16.4 Å². The average molecular weight is 598 g/mol. The molecule has 0 aliphatic rings. The molecule has 0 aliphatic heterocycles. The zero-order valence-electron chi connectivity index (χ0n) is 23.7.